The average Bonchev–Trinajstić information content (AvgIpc) is 3.41. The van der Waals surface area contributed by atoms with Gasteiger partial charge in [0.05, 0.1) is 18.1 Å². The van der Waals surface area contributed by atoms with Crippen molar-refractivity contribution in [1.29, 1.82) is 0 Å². The molecule has 0 bridgehead atoms. The van der Waals surface area contributed by atoms with Gasteiger partial charge in [-0.15, -0.1) is 0 Å². The number of ketones is 2. The van der Waals surface area contributed by atoms with Gasteiger partial charge in [0.1, 0.15) is 0 Å². The van der Waals surface area contributed by atoms with Gasteiger partial charge in [-0.05, 0) is 62.5 Å². The highest BCUT2D eigenvalue weighted by Crippen LogP contribution is 2.70. The van der Waals surface area contributed by atoms with E-state index in [0.717, 1.165) is 44.1 Å². The zero-order chi connectivity index (χ0) is 27.7. The van der Waals surface area contributed by atoms with Gasteiger partial charge in [-0.3, -0.25) is 14.4 Å². The molecule has 0 spiro atoms. The lowest BCUT2D eigenvalue weighted by Gasteiger charge is -2.59. The summed E-state index contributed by atoms with van der Waals surface area (Å²) < 4.78 is 19.0. The van der Waals surface area contributed by atoms with E-state index >= 15 is 0 Å². The first-order valence-electron chi connectivity index (χ1n) is 15.2. The number of aliphatic hydroxyl groups excluding tert-OH is 1. The van der Waals surface area contributed by atoms with Gasteiger partial charge in [0, 0.05) is 22.7 Å². The maximum atomic E-state index is 14.2. The van der Waals surface area contributed by atoms with E-state index in [1.807, 2.05) is 6.08 Å². The van der Waals surface area contributed by atoms with Crippen molar-refractivity contribution in [2.24, 2.45) is 40.4 Å². The van der Waals surface area contributed by atoms with Crippen LogP contribution in [0.3, 0.4) is 0 Å². The Morgan fingerprint density at radius 2 is 1.90 bits per heavy atom. The summed E-state index contributed by atoms with van der Waals surface area (Å²) in [6.07, 6.45) is 12.2. The number of fused-ring (bicyclic) bond motifs is 7. The molecule has 1 saturated heterocycles. The molecule has 0 aromatic rings. The summed E-state index contributed by atoms with van der Waals surface area (Å²) in [6, 6.07) is 0. The Kier molecular flexibility index (Phi) is 6.75. The fraction of sp³-hybridized carbons (Fsp3) is 0.781. The summed E-state index contributed by atoms with van der Waals surface area (Å²) >= 11 is 0. The molecule has 5 fully saturated rings. The number of esters is 1. The average molecular weight is 541 g/mol. The van der Waals surface area contributed by atoms with Crippen LogP contribution >= 0.6 is 0 Å². The first kappa shape index (κ1) is 27.3. The summed E-state index contributed by atoms with van der Waals surface area (Å²) in [4.78, 5) is 38.7. The molecule has 7 nitrogen and oxygen atoms in total. The van der Waals surface area contributed by atoms with Crippen LogP contribution in [0.15, 0.2) is 23.8 Å². The van der Waals surface area contributed by atoms with Gasteiger partial charge in [0.2, 0.25) is 5.78 Å². The van der Waals surface area contributed by atoms with Crippen molar-refractivity contribution >= 4 is 17.5 Å². The standard InChI is InChI=1S/C32H44O7/c1-18(2)28(36)37-17-25(35)32-26(38-29(39-32)19-8-6-5-7-9-19)15-23-22-11-10-20-14-21(33)12-13-30(20,3)27(22)24(34)16-31(23,32)4/h12-14,18-19,22-24,26-27,29,34H,5-11,15-17H2,1-4H3/t22-,23-,24-,26-,27+,29-,30-,31-,32-/m0/s1. The normalized spacial score (nSPS) is 45.3. The molecule has 39 heavy (non-hydrogen) atoms. The van der Waals surface area contributed by atoms with Crippen molar-refractivity contribution < 1.29 is 33.7 Å². The second-order valence-corrected chi connectivity index (χ2v) is 13.9. The Morgan fingerprint density at radius 1 is 1.15 bits per heavy atom. The smallest absolute Gasteiger partial charge is 0.308 e. The van der Waals surface area contributed by atoms with E-state index in [4.69, 9.17) is 14.2 Å². The highest BCUT2D eigenvalue weighted by atomic mass is 16.7. The molecule has 0 unspecified atom stereocenters. The Hall–Kier alpha value is -1.83. The fourth-order valence-corrected chi connectivity index (χ4v) is 9.62. The maximum Gasteiger partial charge on any atom is 0.308 e. The third kappa shape index (κ3) is 3.97. The highest BCUT2D eigenvalue weighted by molar-refractivity contribution is 6.01. The lowest BCUT2D eigenvalue weighted by atomic mass is 9.46. The zero-order valence-electron chi connectivity index (χ0n) is 23.8. The van der Waals surface area contributed by atoms with Crippen LogP contribution in [-0.4, -0.2) is 53.3 Å². The quantitative estimate of drug-likeness (QED) is 0.505. The summed E-state index contributed by atoms with van der Waals surface area (Å²) in [5.41, 5.74) is -1.19. The summed E-state index contributed by atoms with van der Waals surface area (Å²) in [5, 5.41) is 11.9. The highest BCUT2D eigenvalue weighted by Gasteiger charge is 2.76. The van der Waals surface area contributed by atoms with Crippen molar-refractivity contribution in [2.75, 3.05) is 6.61 Å². The Labute approximate surface area is 231 Å². The minimum atomic E-state index is -1.25. The molecule has 1 N–H and O–H groups in total. The molecule has 6 aliphatic rings. The van der Waals surface area contributed by atoms with Crippen molar-refractivity contribution in [3.05, 3.63) is 23.8 Å². The number of carbonyl (C=O) groups is 3. The van der Waals surface area contributed by atoms with E-state index < -0.39 is 35.5 Å². The lowest BCUT2D eigenvalue weighted by Crippen LogP contribution is -2.63. The monoisotopic (exact) mass is 540 g/mol. The number of aliphatic hydroxyl groups is 1. The SMILES string of the molecule is CC(C)C(=O)OCC(=O)[C@]12O[C@@H](C3CCCCC3)O[C@H]1C[C@H]1[C@@H]3CCC4=CC(=O)C=C[C@]4(C)[C@H]3[C@@H](O)C[C@@]12C. The topological polar surface area (TPSA) is 99.1 Å². The van der Waals surface area contributed by atoms with Gasteiger partial charge in [0.25, 0.3) is 0 Å². The van der Waals surface area contributed by atoms with Crippen LogP contribution in [-0.2, 0) is 28.6 Å². The summed E-state index contributed by atoms with van der Waals surface area (Å²) in [6.45, 7) is 7.44. The van der Waals surface area contributed by atoms with Gasteiger partial charge in [-0.25, -0.2) is 0 Å². The predicted octanol–water partition coefficient (Wildman–Crippen LogP) is 4.70. The van der Waals surface area contributed by atoms with Crippen LogP contribution in [0.4, 0.5) is 0 Å². The van der Waals surface area contributed by atoms with Crippen LogP contribution in [0.2, 0.25) is 0 Å². The number of allylic oxidation sites excluding steroid dienone is 4. The van der Waals surface area contributed by atoms with Crippen LogP contribution in [0, 0.1) is 40.4 Å². The summed E-state index contributed by atoms with van der Waals surface area (Å²) in [5.74, 6) is -0.471. The summed E-state index contributed by atoms with van der Waals surface area (Å²) in [7, 11) is 0. The van der Waals surface area contributed by atoms with Crippen molar-refractivity contribution in [1.82, 2.24) is 0 Å². The molecule has 0 amide bonds. The predicted molar refractivity (Wildman–Crippen MR) is 143 cm³/mol. The molecule has 1 heterocycles. The fourth-order valence-electron chi connectivity index (χ4n) is 9.62. The van der Waals surface area contributed by atoms with Crippen LogP contribution in [0.5, 0.6) is 0 Å². The van der Waals surface area contributed by atoms with Gasteiger partial charge in [0.15, 0.2) is 24.3 Å². The zero-order valence-corrected chi connectivity index (χ0v) is 23.8. The Balaban J connectivity index is 1.35. The third-order valence-electron chi connectivity index (χ3n) is 11.5. The molecule has 1 aliphatic heterocycles. The van der Waals surface area contributed by atoms with Crippen molar-refractivity contribution in [3.8, 4) is 0 Å². The van der Waals surface area contributed by atoms with Crippen LogP contribution in [0.1, 0.15) is 85.5 Å². The number of Topliss-reactive ketones (excluding diaryl/α,β-unsaturated/α-hetero) is 1. The van der Waals surface area contributed by atoms with E-state index in [9.17, 15) is 19.5 Å². The van der Waals surface area contributed by atoms with Gasteiger partial charge >= 0.3 is 5.97 Å². The number of hydrogen-bond acceptors (Lipinski definition) is 7. The van der Waals surface area contributed by atoms with E-state index in [1.165, 1.54) is 6.42 Å². The third-order valence-corrected chi connectivity index (χ3v) is 11.5. The lowest BCUT2D eigenvalue weighted by molar-refractivity contribution is -0.210. The molecule has 0 radical (unpaired) electrons. The first-order chi connectivity index (χ1) is 18.5. The van der Waals surface area contributed by atoms with Gasteiger partial charge in [-0.1, -0.05) is 58.6 Å². The number of ether oxygens (including phenoxy) is 3. The Morgan fingerprint density at radius 3 is 2.62 bits per heavy atom. The molecule has 7 heteroatoms. The molecule has 9 atom stereocenters. The second kappa shape index (κ2) is 9.63. The molecular formula is C32H44O7. The van der Waals surface area contributed by atoms with E-state index in [1.54, 1.807) is 26.0 Å². The van der Waals surface area contributed by atoms with Crippen molar-refractivity contribution in [3.63, 3.8) is 0 Å². The molecule has 214 valence electrons. The minimum absolute atomic E-state index is 0.0162. The number of rotatable bonds is 5. The molecule has 5 aliphatic carbocycles. The first-order valence-corrected chi connectivity index (χ1v) is 15.2. The maximum absolute atomic E-state index is 14.2. The van der Waals surface area contributed by atoms with E-state index in [0.29, 0.717) is 12.8 Å². The second-order valence-electron chi connectivity index (χ2n) is 13.9. The minimum Gasteiger partial charge on any atom is -0.457 e. The molecule has 4 saturated carbocycles. The number of carbonyl (C=O) groups excluding carboxylic acids is 3. The van der Waals surface area contributed by atoms with Crippen LogP contribution in [0.25, 0.3) is 0 Å². The van der Waals surface area contributed by atoms with E-state index in [2.05, 4.69) is 13.8 Å². The van der Waals surface area contributed by atoms with E-state index in [-0.39, 0.29) is 53.2 Å². The van der Waals surface area contributed by atoms with Gasteiger partial charge in [-0.2, -0.15) is 0 Å². The molecule has 0 aromatic carbocycles. The molecule has 0 aromatic heterocycles. The van der Waals surface area contributed by atoms with Crippen molar-refractivity contribution in [2.45, 2.75) is 110 Å². The van der Waals surface area contributed by atoms with Gasteiger partial charge < -0.3 is 19.3 Å². The molecule has 6 rings (SSSR count). The Bertz CT molecular complexity index is 1100. The largest absolute Gasteiger partial charge is 0.457 e. The molecular weight excluding hydrogens is 496 g/mol. The number of hydrogen-bond donors (Lipinski definition) is 1. The van der Waals surface area contributed by atoms with Crippen LogP contribution < -0.4 is 0 Å².